The van der Waals surface area contributed by atoms with Crippen molar-refractivity contribution >= 4 is 11.9 Å². The van der Waals surface area contributed by atoms with Crippen molar-refractivity contribution in [3.63, 3.8) is 0 Å². The number of rotatable bonds is 4. The maximum absolute atomic E-state index is 11.1. The van der Waals surface area contributed by atoms with Gasteiger partial charge in [0.25, 0.3) is 0 Å². The summed E-state index contributed by atoms with van der Waals surface area (Å²) in [4.78, 5) is 21.9. The van der Waals surface area contributed by atoms with Crippen LogP contribution in [-0.4, -0.2) is 22.2 Å². The van der Waals surface area contributed by atoms with Gasteiger partial charge < -0.3 is 14.9 Å². The standard InChI is InChI=1S/C11H10O4.C2H4O/c1-2-5-10(12)15-9-7-4-3-6-8(9)11(13)14;1-2-3/h2-4,6-7H,1,5H2,(H,13,14);2-3H,1H2. The number of aliphatic hydroxyl groups is 1. The molecule has 0 unspecified atom stereocenters. The molecule has 0 aromatic heterocycles. The van der Waals surface area contributed by atoms with E-state index >= 15 is 0 Å². The van der Waals surface area contributed by atoms with E-state index in [0.29, 0.717) is 0 Å². The van der Waals surface area contributed by atoms with Crippen LogP contribution in [0.1, 0.15) is 16.8 Å². The van der Waals surface area contributed by atoms with Crippen molar-refractivity contribution < 1.29 is 24.5 Å². The van der Waals surface area contributed by atoms with Crippen LogP contribution in [0.15, 0.2) is 49.8 Å². The average molecular weight is 250 g/mol. The number of benzene rings is 1. The van der Waals surface area contributed by atoms with Crippen LogP contribution in [0.3, 0.4) is 0 Å². The molecule has 96 valence electrons. The van der Waals surface area contributed by atoms with Crippen LogP contribution in [0.5, 0.6) is 5.75 Å². The third kappa shape index (κ3) is 5.50. The summed E-state index contributed by atoms with van der Waals surface area (Å²) in [5, 5.41) is 16.1. The minimum absolute atomic E-state index is 0.0325. The maximum Gasteiger partial charge on any atom is 0.339 e. The zero-order chi connectivity index (χ0) is 14.0. The van der Waals surface area contributed by atoms with Gasteiger partial charge in [-0.3, -0.25) is 4.79 Å². The number of carboxylic acids is 1. The largest absolute Gasteiger partial charge is 0.516 e. The molecule has 1 rings (SSSR count). The molecule has 0 aliphatic rings. The number of ether oxygens (including phenoxy) is 1. The first kappa shape index (κ1) is 15.4. The first-order chi connectivity index (χ1) is 8.56. The van der Waals surface area contributed by atoms with Crippen LogP contribution in [-0.2, 0) is 4.79 Å². The molecular formula is C13H14O5. The highest BCUT2D eigenvalue weighted by Gasteiger charge is 2.12. The summed E-state index contributed by atoms with van der Waals surface area (Å²) in [6.45, 7) is 6.30. The minimum atomic E-state index is -1.13. The Labute approximate surface area is 105 Å². The molecule has 0 radical (unpaired) electrons. The Balaban J connectivity index is 0.000000873. The van der Waals surface area contributed by atoms with Crippen molar-refractivity contribution in [1.82, 2.24) is 0 Å². The molecule has 0 spiro atoms. The monoisotopic (exact) mass is 250 g/mol. The molecule has 0 saturated heterocycles. The highest BCUT2D eigenvalue weighted by Crippen LogP contribution is 2.18. The van der Waals surface area contributed by atoms with Gasteiger partial charge >= 0.3 is 11.9 Å². The van der Waals surface area contributed by atoms with Crippen LogP contribution in [0.4, 0.5) is 0 Å². The van der Waals surface area contributed by atoms with E-state index in [1.54, 1.807) is 12.1 Å². The minimum Gasteiger partial charge on any atom is -0.516 e. The highest BCUT2D eigenvalue weighted by atomic mass is 16.5. The predicted molar refractivity (Wildman–Crippen MR) is 66.7 cm³/mol. The van der Waals surface area contributed by atoms with Gasteiger partial charge in [0.1, 0.15) is 11.3 Å². The van der Waals surface area contributed by atoms with Crippen LogP contribution in [0.25, 0.3) is 0 Å². The summed E-state index contributed by atoms with van der Waals surface area (Å²) < 4.78 is 4.86. The molecule has 0 saturated carbocycles. The molecule has 0 aliphatic heterocycles. The van der Waals surface area contributed by atoms with Gasteiger partial charge in [-0.25, -0.2) is 4.79 Å². The van der Waals surface area contributed by atoms with Crippen molar-refractivity contribution in [2.75, 3.05) is 0 Å². The molecule has 0 bridgehead atoms. The number of hydrogen-bond acceptors (Lipinski definition) is 4. The Bertz CT molecular complexity index is 437. The predicted octanol–water partition coefficient (Wildman–Crippen LogP) is 2.55. The van der Waals surface area contributed by atoms with E-state index in [0.717, 1.165) is 6.26 Å². The van der Waals surface area contributed by atoms with Crippen LogP contribution < -0.4 is 4.74 Å². The van der Waals surface area contributed by atoms with Gasteiger partial charge in [0.05, 0.1) is 12.7 Å². The maximum atomic E-state index is 11.1. The van der Waals surface area contributed by atoms with Crippen LogP contribution in [0.2, 0.25) is 0 Å². The van der Waals surface area contributed by atoms with Crippen molar-refractivity contribution in [2.24, 2.45) is 0 Å². The second kappa shape index (κ2) is 8.58. The third-order valence-corrected chi connectivity index (χ3v) is 1.65. The van der Waals surface area contributed by atoms with E-state index in [9.17, 15) is 9.59 Å². The van der Waals surface area contributed by atoms with E-state index in [2.05, 4.69) is 13.2 Å². The topological polar surface area (TPSA) is 83.8 Å². The Kier molecular flexibility index (Phi) is 7.36. The van der Waals surface area contributed by atoms with Crippen LogP contribution in [0, 0.1) is 0 Å². The zero-order valence-corrected chi connectivity index (χ0v) is 9.70. The molecule has 1 aromatic rings. The third-order valence-electron chi connectivity index (χ3n) is 1.65. The van der Waals surface area contributed by atoms with Gasteiger partial charge in [-0.1, -0.05) is 24.8 Å². The van der Waals surface area contributed by atoms with Crippen molar-refractivity contribution in [3.05, 3.63) is 55.3 Å². The molecule has 0 aliphatic carbocycles. The molecule has 18 heavy (non-hydrogen) atoms. The number of carbonyl (C=O) groups excluding carboxylic acids is 1. The van der Waals surface area contributed by atoms with Crippen molar-refractivity contribution in [1.29, 1.82) is 0 Å². The fourth-order valence-electron chi connectivity index (χ4n) is 1.01. The van der Waals surface area contributed by atoms with Crippen LogP contribution >= 0.6 is 0 Å². The van der Waals surface area contributed by atoms with Crippen molar-refractivity contribution in [2.45, 2.75) is 6.42 Å². The highest BCUT2D eigenvalue weighted by molar-refractivity contribution is 5.92. The normalized spacial score (nSPS) is 8.44. The lowest BCUT2D eigenvalue weighted by Crippen LogP contribution is -2.09. The van der Waals surface area contributed by atoms with E-state index in [1.807, 2.05) is 0 Å². The Morgan fingerprint density at radius 2 is 1.83 bits per heavy atom. The first-order valence-corrected chi connectivity index (χ1v) is 4.95. The quantitative estimate of drug-likeness (QED) is 0.371. The fraction of sp³-hybridized carbons (Fsp3) is 0.0769. The van der Waals surface area contributed by atoms with Gasteiger partial charge in [-0.15, -0.1) is 6.58 Å². The fourth-order valence-corrected chi connectivity index (χ4v) is 1.01. The number of para-hydroxylation sites is 1. The van der Waals surface area contributed by atoms with Gasteiger partial charge in [-0.05, 0) is 12.1 Å². The molecule has 0 amide bonds. The van der Waals surface area contributed by atoms with E-state index in [4.69, 9.17) is 14.9 Å². The lowest BCUT2D eigenvalue weighted by atomic mass is 10.2. The molecule has 1 aromatic carbocycles. The number of aromatic carboxylic acids is 1. The van der Waals surface area contributed by atoms with E-state index in [1.165, 1.54) is 18.2 Å². The van der Waals surface area contributed by atoms with E-state index in [-0.39, 0.29) is 17.7 Å². The van der Waals surface area contributed by atoms with Gasteiger partial charge in [0.15, 0.2) is 0 Å². The smallest absolute Gasteiger partial charge is 0.339 e. The van der Waals surface area contributed by atoms with Crippen molar-refractivity contribution in [3.8, 4) is 5.75 Å². The van der Waals surface area contributed by atoms with E-state index < -0.39 is 11.9 Å². The Hall–Kier alpha value is -2.56. The second-order valence-corrected chi connectivity index (χ2v) is 2.95. The lowest BCUT2D eigenvalue weighted by molar-refractivity contribution is -0.133. The molecule has 0 atom stereocenters. The van der Waals surface area contributed by atoms with Gasteiger partial charge in [0.2, 0.25) is 0 Å². The zero-order valence-electron chi connectivity index (χ0n) is 9.70. The number of aliphatic hydroxyl groups excluding tert-OH is 1. The number of carbonyl (C=O) groups is 2. The second-order valence-electron chi connectivity index (χ2n) is 2.95. The summed E-state index contributed by atoms with van der Waals surface area (Å²) in [5.74, 6) is -1.60. The lowest BCUT2D eigenvalue weighted by Gasteiger charge is -2.05. The summed E-state index contributed by atoms with van der Waals surface area (Å²) in [7, 11) is 0. The van der Waals surface area contributed by atoms with Gasteiger partial charge in [0, 0.05) is 0 Å². The summed E-state index contributed by atoms with van der Waals surface area (Å²) in [6.07, 6.45) is 2.19. The summed E-state index contributed by atoms with van der Waals surface area (Å²) in [6, 6.07) is 5.97. The van der Waals surface area contributed by atoms with Gasteiger partial charge in [-0.2, -0.15) is 0 Å². The first-order valence-electron chi connectivity index (χ1n) is 4.95. The summed E-state index contributed by atoms with van der Waals surface area (Å²) >= 11 is 0. The molecule has 5 nitrogen and oxygen atoms in total. The molecule has 0 fully saturated rings. The number of esters is 1. The molecule has 0 heterocycles. The Morgan fingerprint density at radius 3 is 2.33 bits per heavy atom. The summed E-state index contributed by atoms with van der Waals surface area (Å²) in [5.41, 5.74) is -0.0325. The molecular weight excluding hydrogens is 236 g/mol. The Morgan fingerprint density at radius 1 is 1.28 bits per heavy atom. The average Bonchev–Trinajstić information content (AvgIpc) is 2.30. The molecule has 2 N–H and O–H groups in total. The number of hydrogen-bond donors (Lipinski definition) is 2. The SMILES string of the molecule is C=CCC(=O)Oc1ccccc1C(=O)O.C=CO. The number of carboxylic acid groups (broad SMARTS) is 1. The molecule has 5 heteroatoms.